The largest absolute Gasteiger partial charge is 0.491 e. The van der Waals surface area contributed by atoms with Gasteiger partial charge in [-0.2, -0.15) is 0 Å². The van der Waals surface area contributed by atoms with E-state index in [9.17, 15) is 14.3 Å². The minimum absolute atomic E-state index is 0.0495. The van der Waals surface area contributed by atoms with Crippen molar-refractivity contribution in [1.29, 1.82) is 0 Å². The van der Waals surface area contributed by atoms with Gasteiger partial charge in [0.2, 0.25) is 5.95 Å². The van der Waals surface area contributed by atoms with E-state index >= 15 is 0 Å². The highest BCUT2D eigenvalue weighted by Gasteiger charge is 2.53. The number of hydrogen-bond acceptors (Lipinski definition) is 7. The fraction of sp³-hybridized carbons (Fsp3) is 0.483. The van der Waals surface area contributed by atoms with E-state index in [1.54, 1.807) is 19.2 Å². The molecule has 1 saturated carbocycles. The van der Waals surface area contributed by atoms with Gasteiger partial charge in [0.05, 0.1) is 37.7 Å². The number of nitrogens with zero attached hydrogens (tertiary/aromatic N) is 5. The molecule has 1 unspecified atom stereocenters. The standard InChI is InChI=1S/C29H37FN6O3/c1-5-39-25-14-24(33-15-23(25)30)19(2)36-18-29(6-7-29)26-21(17-34(4)10-11-37)12-20(13-22(26)27(36)38)16-35-9-8-32-28(35)31-3/h8-9,12-15,19,37H,5-7,10-11,16-18H2,1-4H3,(H,31,32). The number of rotatable bonds is 11. The molecule has 1 fully saturated rings. The van der Waals surface area contributed by atoms with E-state index in [4.69, 9.17) is 4.74 Å². The third-order valence-electron chi connectivity index (χ3n) is 7.88. The number of likely N-dealkylation sites (N-methyl/N-ethyl adjacent to an activating group) is 1. The Bertz CT molecular complexity index is 1350. The van der Waals surface area contributed by atoms with Gasteiger partial charge in [-0.1, -0.05) is 6.07 Å². The highest BCUT2D eigenvalue weighted by atomic mass is 19.1. The van der Waals surface area contributed by atoms with Crippen LogP contribution in [0.25, 0.3) is 0 Å². The number of carbonyl (C=O) groups excluding carboxylic acids is 1. The second-order valence-electron chi connectivity index (χ2n) is 10.6. The number of aromatic nitrogens is 3. The number of benzene rings is 1. The first kappa shape index (κ1) is 27.1. The van der Waals surface area contributed by atoms with E-state index in [0.717, 1.165) is 35.5 Å². The van der Waals surface area contributed by atoms with E-state index < -0.39 is 5.82 Å². The molecule has 2 aromatic heterocycles. The highest BCUT2D eigenvalue weighted by Crippen LogP contribution is 2.55. The molecule has 1 aliphatic heterocycles. The zero-order valence-corrected chi connectivity index (χ0v) is 23.1. The third kappa shape index (κ3) is 5.23. The molecule has 39 heavy (non-hydrogen) atoms. The molecule has 0 saturated heterocycles. The Kier molecular flexibility index (Phi) is 7.59. The molecule has 1 amide bonds. The maximum Gasteiger partial charge on any atom is 0.254 e. The minimum Gasteiger partial charge on any atom is -0.491 e. The zero-order valence-electron chi connectivity index (χ0n) is 23.1. The molecule has 2 aliphatic rings. The maximum absolute atomic E-state index is 14.2. The van der Waals surface area contributed by atoms with E-state index in [1.807, 2.05) is 42.7 Å². The summed E-state index contributed by atoms with van der Waals surface area (Å²) in [5, 5.41) is 12.6. The molecule has 208 valence electrons. The van der Waals surface area contributed by atoms with E-state index in [2.05, 4.69) is 26.3 Å². The van der Waals surface area contributed by atoms with Crippen molar-refractivity contribution in [3.8, 4) is 5.75 Å². The van der Waals surface area contributed by atoms with Crippen molar-refractivity contribution >= 4 is 11.9 Å². The summed E-state index contributed by atoms with van der Waals surface area (Å²) >= 11 is 0. The van der Waals surface area contributed by atoms with Gasteiger partial charge in [-0.25, -0.2) is 9.37 Å². The van der Waals surface area contributed by atoms with Crippen molar-refractivity contribution < 1.29 is 19.0 Å². The summed E-state index contributed by atoms with van der Waals surface area (Å²) < 4.78 is 21.7. The number of carbonyl (C=O) groups is 1. The molecule has 1 atom stereocenters. The fourth-order valence-corrected chi connectivity index (χ4v) is 5.77. The molecule has 0 radical (unpaired) electrons. The SMILES string of the molecule is CCOc1cc(C(C)N2CC3(CC3)c3c(CN(C)CCO)cc(Cn4ccnc4NC)cc3C2=O)ncc1F. The van der Waals surface area contributed by atoms with Gasteiger partial charge in [-0.3, -0.25) is 14.7 Å². The second-order valence-corrected chi connectivity index (χ2v) is 10.6. The summed E-state index contributed by atoms with van der Waals surface area (Å²) in [4.78, 5) is 26.8. The average molecular weight is 537 g/mol. The zero-order chi connectivity index (χ0) is 27.7. The normalized spacial score (nSPS) is 16.5. The number of fused-ring (bicyclic) bond motifs is 2. The maximum atomic E-state index is 14.2. The van der Waals surface area contributed by atoms with Gasteiger partial charge < -0.3 is 24.6 Å². The molecule has 3 heterocycles. The molecule has 9 nitrogen and oxygen atoms in total. The number of pyridine rings is 1. The summed E-state index contributed by atoms with van der Waals surface area (Å²) in [6.07, 6.45) is 6.83. The number of amides is 1. The summed E-state index contributed by atoms with van der Waals surface area (Å²) in [6.45, 7) is 6.51. The molecule has 0 bridgehead atoms. The van der Waals surface area contributed by atoms with E-state index in [0.29, 0.717) is 44.0 Å². The average Bonchev–Trinajstić information content (AvgIpc) is 3.54. The van der Waals surface area contributed by atoms with Gasteiger partial charge in [0, 0.05) is 56.1 Å². The first-order chi connectivity index (χ1) is 18.8. The Labute approximate surface area is 228 Å². The van der Waals surface area contributed by atoms with Gasteiger partial charge >= 0.3 is 0 Å². The lowest BCUT2D eigenvalue weighted by Crippen LogP contribution is -2.45. The second kappa shape index (κ2) is 10.9. The lowest BCUT2D eigenvalue weighted by atomic mass is 9.81. The van der Waals surface area contributed by atoms with Crippen LogP contribution in [-0.4, -0.2) is 75.7 Å². The van der Waals surface area contributed by atoms with Crippen LogP contribution in [-0.2, 0) is 18.5 Å². The molecule has 1 aliphatic carbocycles. The van der Waals surface area contributed by atoms with E-state index in [1.165, 1.54) is 6.20 Å². The number of aliphatic hydroxyl groups excluding tert-OH is 1. The molecule has 1 spiro atoms. The fourth-order valence-electron chi connectivity index (χ4n) is 5.77. The Balaban J connectivity index is 1.55. The number of anilines is 1. The molecule has 3 aromatic rings. The van der Waals surface area contributed by atoms with Crippen molar-refractivity contribution in [3.63, 3.8) is 0 Å². The predicted octanol–water partition coefficient (Wildman–Crippen LogP) is 3.58. The van der Waals surface area contributed by atoms with Crippen LogP contribution in [0.1, 0.15) is 65.5 Å². The van der Waals surface area contributed by atoms with Crippen molar-refractivity contribution in [2.45, 2.75) is 51.2 Å². The summed E-state index contributed by atoms with van der Waals surface area (Å²) in [5.41, 5.74) is 4.47. The minimum atomic E-state index is -0.511. The van der Waals surface area contributed by atoms with Gasteiger partial charge in [-0.05, 0) is 56.5 Å². The predicted molar refractivity (Wildman–Crippen MR) is 146 cm³/mol. The molecule has 2 N–H and O–H groups in total. The lowest BCUT2D eigenvalue weighted by Gasteiger charge is -2.40. The lowest BCUT2D eigenvalue weighted by molar-refractivity contribution is 0.0633. The van der Waals surface area contributed by atoms with Crippen molar-refractivity contribution in [2.24, 2.45) is 0 Å². The topological polar surface area (TPSA) is 95.7 Å². The smallest absolute Gasteiger partial charge is 0.254 e. The number of halogens is 1. The number of aliphatic hydroxyl groups is 1. The van der Waals surface area contributed by atoms with Crippen molar-refractivity contribution in [2.75, 3.05) is 45.7 Å². The summed E-state index contributed by atoms with van der Waals surface area (Å²) in [6, 6.07) is 5.48. The molecular formula is C29H37FN6O3. The summed E-state index contributed by atoms with van der Waals surface area (Å²) in [5.74, 6) is 0.340. The van der Waals surface area contributed by atoms with Crippen LogP contribution in [0.2, 0.25) is 0 Å². The van der Waals surface area contributed by atoms with Crippen molar-refractivity contribution in [1.82, 2.24) is 24.3 Å². The number of ether oxygens (including phenoxy) is 1. The molecule has 10 heteroatoms. The van der Waals surface area contributed by atoms with Crippen LogP contribution in [0.15, 0.2) is 36.8 Å². The van der Waals surface area contributed by atoms with Gasteiger partial charge in [0.1, 0.15) is 0 Å². The van der Waals surface area contributed by atoms with E-state index in [-0.39, 0.29) is 29.7 Å². The molecule has 1 aromatic carbocycles. The monoisotopic (exact) mass is 536 g/mol. The van der Waals surface area contributed by atoms with Gasteiger partial charge in [-0.15, -0.1) is 0 Å². The quantitative estimate of drug-likeness (QED) is 0.387. The van der Waals surface area contributed by atoms with Crippen LogP contribution in [0, 0.1) is 5.82 Å². The number of hydrogen-bond donors (Lipinski definition) is 2. The van der Waals surface area contributed by atoms with Crippen LogP contribution in [0.5, 0.6) is 5.75 Å². The molecular weight excluding hydrogens is 499 g/mol. The van der Waals surface area contributed by atoms with Crippen molar-refractivity contribution in [3.05, 3.63) is 70.6 Å². The summed E-state index contributed by atoms with van der Waals surface area (Å²) in [7, 11) is 3.82. The Morgan fingerprint density at radius 3 is 2.77 bits per heavy atom. The number of imidazole rings is 1. The Morgan fingerprint density at radius 2 is 2.08 bits per heavy atom. The van der Waals surface area contributed by atoms with Crippen LogP contribution >= 0.6 is 0 Å². The Morgan fingerprint density at radius 1 is 1.28 bits per heavy atom. The van der Waals surface area contributed by atoms with Gasteiger partial charge in [0.15, 0.2) is 11.6 Å². The van der Waals surface area contributed by atoms with Crippen LogP contribution in [0.3, 0.4) is 0 Å². The van der Waals surface area contributed by atoms with Crippen LogP contribution < -0.4 is 10.1 Å². The van der Waals surface area contributed by atoms with Crippen LogP contribution in [0.4, 0.5) is 10.3 Å². The first-order valence-corrected chi connectivity index (χ1v) is 13.5. The highest BCUT2D eigenvalue weighted by molar-refractivity contribution is 5.98. The van der Waals surface area contributed by atoms with Gasteiger partial charge in [0.25, 0.3) is 5.91 Å². The number of nitrogens with one attached hydrogen (secondary N) is 1. The first-order valence-electron chi connectivity index (χ1n) is 13.5. The Hall–Kier alpha value is -3.50. The third-order valence-corrected chi connectivity index (χ3v) is 7.88. The molecule has 5 rings (SSSR count).